The average molecular weight is 740 g/mol. The second kappa shape index (κ2) is 17.9. The number of anilines is 2. The van der Waals surface area contributed by atoms with Crippen molar-refractivity contribution in [1.29, 1.82) is 0 Å². The first-order valence-electron chi connectivity index (χ1n) is 17.4. The fourth-order valence-corrected chi connectivity index (χ4v) is 8.58. The number of nitrogens with one attached hydrogen (secondary N) is 2. The van der Waals surface area contributed by atoms with E-state index in [9.17, 15) is 33.0 Å². The predicted molar refractivity (Wildman–Crippen MR) is 199 cm³/mol. The van der Waals surface area contributed by atoms with Crippen LogP contribution in [0.25, 0.3) is 0 Å². The van der Waals surface area contributed by atoms with Gasteiger partial charge in [0, 0.05) is 24.7 Å². The minimum atomic E-state index is -4.06. The number of phenolic OH excluding ortho intramolecular Hbond substituents is 1. The number of fused-ring (bicyclic) bond motifs is 1. The molecule has 51 heavy (non-hydrogen) atoms. The Hall–Kier alpha value is -4.07. The van der Waals surface area contributed by atoms with Crippen LogP contribution in [0.3, 0.4) is 0 Å². The molecule has 0 saturated heterocycles. The highest BCUT2D eigenvalue weighted by Gasteiger charge is 2.42. The molecule has 0 radical (unpaired) electrons. The molecular weight excluding hydrogens is 691 g/mol. The Balaban J connectivity index is 1.68. The average Bonchev–Trinajstić information content (AvgIpc) is 3.21. The summed E-state index contributed by atoms with van der Waals surface area (Å²) in [6.45, 7) is 5.74. The van der Waals surface area contributed by atoms with E-state index in [0.717, 1.165) is 31.4 Å². The van der Waals surface area contributed by atoms with Gasteiger partial charge in [-0.05, 0) is 61.4 Å². The minimum absolute atomic E-state index is 0.0332. The molecular formula is C38H49N3O8S2. The first-order valence-corrected chi connectivity index (χ1v) is 20.1. The van der Waals surface area contributed by atoms with Crippen molar-refractivity contribution in [2.24, 2.45) is 5.92 Å². The monoisotopic (exact) mass is 739 g/mol. The lowest BCUT2D eigenvalue weighted by Gasteiger charge is -2.37. The summed E-state index contributed by atoms with van der Waals surface area (Å²) in [6.07, 6.45) is 6.65. The number of sulfonamides is 1. The molecule has 1 amide bonds. The van der Waals surface area contributed by atoms with Crippen molar-refractivity contribution in [3.05, 3.63) is 72.3 Å². The number of carbonyl (C=O) groups excluding carboxylic acids is 2. The first kappa shape index (κ1) is 39.7. The van der Waals surface area contributed by atoms with E-state index < -0.39 is 51.8 Å². The normalized spacial score (nSPS) is 16.0. The number of benzene rings is 3. The van der Waals surface area contributed by atoms with Crippen LogP contribution in [0, 0.1) is 5.92 Å². The van der Waals surface area contributed by atoms with E-state index in [4.69, 9.17) is 4.74 Å². The number of unbranched alkanes of at least 4 members (excludes halogenated alkanes) is 2. The van der Waals surface area contributed by atoms with Gasteiger partial charge in [0.15, 0.2) is 12.4 Å². The third-order valence-corrected chi connectivity index (χ3v) is 11.6. The van der Waals surface area contributed by atoms with Gasteiger partial charge in [0.25, 0.3) is 5.91 Å². The van der Waals surface area contributed by atoms with Crippen LogP contribution in [0.1, 0.15) is 83.7 Å². The molecule has 1 aliphatic rings. The molecule has 0 saturated carbocycles. The maximum atomic E-state index is 14.3. The maximum absolute atomic E-state index is 14.3. The second-order valence-corrected chi connectivity index (χ2v) is 15.5. The van der Waals surface area contributed by atoms with E-state index in [2.05, 4.69) is 28.8 Å². The van der Waals surface area contributed by atoms with Gasteiger partial charge in [-0.3, -0.25) is 14.4 Å². The lowest BCUT2D eigenvalue weighted by molar-refractivity contribution is -0.144. The third kappa shape index (κ3) is 10.0. The largest absolute Gasteiger partial charge is 0.508 e. The Labute approximate surface area is 305 Å². The van der Waals surface area contributed by atoms with Crippen LogP contribution in [0.5, 0.6) is 11.5 Å². The van der Waals surface area contributed by atoms with Gasteiger partial charge in [-0.2, -0.15) is 0 Å². The standard InChI is InChI=1S/C38H49N3O8S2/c1-5-8-19-38(20-9-6-2)25-41(28-13-11-10-12-14-28)30-22-33(50-4)32(23-34(30)51(47,48)40-38)49-24-35(44)39-36(27-15-17-29(42)18-16-27)31(43)21-26(7-3)37(45)46/h10-18,22-23,26,36,40,42H,5-9,19-21,24-25H2,1-4H3,(H,39,44)(H,45,46)/t26-,36-/m1/s1. The Morgan fingerprint density at radius 2 is 1.65 bits per heavy atom. The molecule has 0 bridgehead atoms. The van der Waals surface area contributed by atoms with E-state index in [1.807, 2.05) is 36.6 Å². The molecule has 2 atom stereocenters. The number of aliphatic carboxylic acids is 1. The zero-order chi connectivity index (χ0) is 37.2. The summed E-state index contributed by atoms with van der Waals surface area (Å²) in [5.41, 5.74) is 1.02. The van der Waals surface area contributed by atoms with Crippen LogP contribution in [-0.4, -0.2) is 61.2 Å². The van der Waals surface area contributed by atoms with Gasteiger partial charge >= 0.3 is 5.97 Å². The van der Waals surface area contributed by atoms with Gasteiger partial charge in [-0.1, -0.05) is 76.8 Å². The molecule has 0 spiro atoms. The number of Topliss-reactive ketones (excluding diaryl/α,β-unsaturated/α-hetero) is 1. The summed E-state index contributed by atoms with van der Waals surface area (Å²) in [5.74, 6) is -3.06. The number of carbonyl (C=O) groups is 3. The van der Waals surface area contributed by atoms with Gasteiger partial charge in [-0.15, -0.1) is 11.8 Å². The van der Waals surface area contributed by atoms with E-state index in [1.165, 1.54) is 42.1 Å². The summed E-state index contributed by atoms with van der Waals surface area (Å²) in [6, 6.07) is 17.5. The van der Waals surface area contributed by atoms with Crippen LogP contribution in [0.2, 0.25) is 0 Å². The van der Waals surface area contributed by atoms with Crippen molar-refractivity contribution < 1.29 is 37.8 Å². The number of carboxylic acids is 1. The molecule has 276 valence electrons. The maximum Gasteiger partial charge on any atom is 0.306 e. The van der Waals surface area contributed by atoms with E-state index in [0.29, 0.717) is 35.5 Å². The number of carboxylic acid groups (broad SMARTS) is 1. The van der Waals surface area contributed by atoms with Crippen molar-refractivity contribution in [2.75, 3.05) is 24.3 Å². The highest BCUT2D eigenvalue weighted by atomic mass is 32.2. The number of phenols is 1. The Morgan fingerprint density at radius 3 is 2.22 bits per heavy atom. The number of ketones is 1. The van der Waals surface area contributed by atoms with Gasteiger partial charge in [0.2, 0.25) is 10.0 Å². The van der Waals surface area contributed by atoms with E-state index in [1.54, 1.807) is 13.0 Å². The van der Waals surface area contributed by atoms with Gasteiger partial charge in [0.05, 0.1) is 22.0 Å². The highest BCUT2D eigenvalue weighted by Crippen LogP contribution is 2.44. The van der Waals surface area contributed by atoms with E-state index in [-0.39, 0.29) is 29.2 Å². The topological polar surface area (TPSA) is 162 Å². The predicted octanol–water partition coefficient (Wildman–Crippen LogP) is 6.97. The van der Waals surface area contributed by atoms with Crippen LogP contribution in [0.4, 0.5) is 11.4 Å². The zero-order valence-corrected chi connectivity index (χ0v) is 31.3. The number of ether oxygens (including phenoxy) is 1. The number of hydrogen-bond donors (Lipinski definition) is 4. The van der Waals surface area contributed by atoms with Gasteiger partial charge < -0.3 is 25.2 Å². The quantitative estimate of drug-likeness (QED) is 0.100. The van der Waals surface area contributed by atoms with Crippen LogP contribution in [0.15, 0.2) is 76.5 Å². The second-order valence-electron chi connectivity index (χ2n) is 13.0. The van der Waals surface area contributed by atoms with Crippen molar-refractivity contribution in [2.45, 2.75) is 93.5 Å². The van der Waals surface area contributed by atoms with Crippen molar-refractivity contribution >= 4 is 50.8 Å². The molecule has 3 aromatic carbocycles. The minimum Gasteiger partial charge on any atom is -0.508 e. The van der Waals surface area contributed by atoms with Crippen LogP contribution >= 0.6 is 11.8 Å². The molecule has 4 rings (SSSR count). The Kier molecular flexibility index (Phi) is 14.0. The molecule has 0 fully saturated rings. The van der Waals surface area contributed by atoms with Gasteiger partial charge in [0.1, 0.15) is 22.4 Å². The molecule has 3 aromatic rings. The number of rotatable bonds is 18. The molecule has 11 nitrogen and oxygen atoms in total. The van der Waals surface area contributed by atoms with Crippen LogP contribution in [-0.2, 0) is 24.4 Å². The van der Waals surface area contributed by atoms with E-state index >= 15 is 0 Å². The summed E-state index contributed by atoms with van der Waals surface area (Å²) in [5, 5.41) is 22.0. The molecule has 13 heteroatoms. The highest BCUT2D eigenvalue weighted by molar-refractivity contribution is 7.98. The molecule has 1 aliphatic heterocycles. The molecule has 4 N–H and O–H groups in total. The smallest absolute Gasteiger partial charge is 0.306 e. The fourth-order valence-electron chi connectivity index (χ4n) is 6.37. The number of amides is 1. The molecule has 1 heterocycles. The summed E-state index contributed by atoms with van der Waals surface area (Å²) < 4.78 is 37.7. The van der Waals surface area contributed by atoms with Gasteiger partial charge in [-0.25, -0.2) is 13.1 Å². The Bertz CT molecular complexity index is 1760. The lowest BCUT2D eigenvalue weighted by Crippen LogP contribution is -2.53. The first-order chi connectivity index (χ1) is 24.4. The number of hydrogen-bond acceptors (Lipinski definition) is 9. The number of nitrogens with zero attached hydrogens (tertiary/aromatic N) is 1. The zero-order valence-electron chi connectivity index (χ0n) is 29.7. The number of aromatic hydroxyl groups is 1. The summed E-state index contributed by atoms with van der Waals surface area (Å²) in [7, 11) is -4.06. The third-order valence-electron chi connectivity index (χ3n) is 9.22. The summed E-state index contributed by atoms with van der Waals surface area (Å²) >= 11 is 1.35. The number of para-hydroxylation sites is 1. The van der Waals surface area contributed by atoms with Crippen molar-refractivity contribution in [1.82, 2.24) is 10.0 Å². The number of thioether (sulfide) groups is 1. The van der Waals surface area contributed by atoms with Crippen molar-refractivity contribution in [3.63, 3.8) is 0 Å². The lowest BCUT2D eigenvalue weighted by atomic mass is 9.87. The SMILES string of the molecule is CCCCC1(CCCC)CN(c2ccccc2)c2cc(SC)c(OCC(=O)N[C@@H](C(=O)C[C@@H](CC)C(=O)O)c3ccc(O)cc3)cc2S(=O)(=O)N1. The molecule has 0 unspecified atom stereocenters. The Morgan fingerprint density at radius 1 is 1.00 bits per heavy atom. The molecule has 0 aromatic heterocycles. The fraction of sp³-hybridized carbons (Fsp3) is 0.447. The molecule has 0 aliphatic carbocycles. The summed E-state index contributed by atoms with van der Waals surface area (Å²) in [4.78, 5) is 41.1. The van der Waals surface area contributed by atoms with Crippen molar-refractivity contribution in [3.8, 4) is 11.5 Å². The van der Waals surface area contributed by atoms with Crippen LogP contribution < -0.4 is 19.7 Å².